The Labute approximate surface area is 128 Å². The molecule has 0 aromatic heterocycles. The van der Waals surface area contributed by atoms with Gasteiger partial charge in [0.25, 0.3) is 0 Å². The highest BCUT2D eigenvalue weighted by Crippen LogP contribution is 2.37. The Morgan fingerprint density at radius 2 is 1.62 bits per heavy atom. The highest BCUT2D eigenvalue weighted by atomic mass is 16.5. The molecule has 1 rings (SSSR count). The molecular weight excluding hydrogens is 262 g/mol. The Morgan fingerprint density at radius 1 is 1.05 bits per heavy atom. The van der Waals surface area contributed by atoms with Gasteiger partial charge in [0.15, 0.2) is 0 Å². The van der Waals surface area contributed by atoms with Crippen LogP contribution < -0.4 is 9.47 Å². The number of likely N-dealkylation sites (N-methyl/N-ethyl adjacent to an activating group) is 1. The van der Waals surface area contributed by atoms with Gasteiger partial charge in [-0.1, -0.05) is 18.7 Å². The minimum atomic E-state index is 0.608. The van der Waals surface area contributed by atoms with E-state index in [0.29, 0.717) is 13.2 Å². The molecule has 3 nitrogen and oxygen atoms in total. The number of hydrogen-bond acceptors (Lipinski definition) is 3. The summed E-state index contributed by atoms with van der Waals surface area (Å²) in [5.74, 6) is 1.62. The van der Waals surface area contributed by atoms with Crippen LogP contribution in [0, 0.1) is 0 Å². The number of benzene rings is 1. The number of rotatable bonds is 8. The minimum absolute atomic E-state index is 0.608. The second-order valence-corrected chi connectivity index (χ2v) is 5.49. The van der Waals surface area contributed by atoms with E-state index in [1.54, 1.807) is 0 Å². The third-order valence-corrected chi connectivity index (χ3v) is 3.08. The molecule has 0 N–H and O–H groups in total. The van der Waals surface area contributed by atoms with Crippen molar-refractivity contribution in [2.24, 2.45) is 0 Å². The molecule has 0 amide bonds. The summed E-state index contributed by atoms with van der Waals surface area (Å²) >= 11 is 0. The molecule has 0 aliphatic rings. The van der Waals surface area contributed by atoms with Gasteiger partial charge in [-0.15, -0.1) is 0 Å². The molecule has 0 heterocycles. The van der Waals surface area contributed by atoms with E-state index >= 15 is 0 Å². The third kappa shape index (κ3) is 4.94. The quantitative estimate of drug-likeness (QED) is 0.719. The number of allylic oxidation sites excluding steroid dienone is 2. The first-order valence-electron chi connectivity index (χ1n) is 7.27. The van der Waals surface area contributed by atoms with Crippen LogP contribution in [0.15, 0.2) is 25.3 Å². The van der Waals surface area contributed by atoms with Gasteiger partial charge in [0.2, 0.25) is 0 Å². The van der Waals surface area contributed by atoms with Crippen LogP contribution in [0.3, 0.4) is 0 Å². The van der Waals surface area contributed by atoms with Gasteiger partial charge >= 0.3 is 0 Å². The van der Waals surface area contributed by atoms with Crippen LogP contribution in [0.5, 0.6) is 11.5 Å². The molecule has 116 valence electrons. The highest BCUT2D eigenvalue weighted by molar-refractivity contribution is 5.77. The number of hydrogen-bond donors (Lipinski definition) is 0. The van der Waals surface area contributed by atoms with E-state index in [1.807, 2.05) is 47.0 Å². The average Bonchev–Trinajstić information content (AvgIpc) is 2.37. The maximum absolute atomic E-state index is 5.96. The van der Waals surface area contributed by atoms with E-state index < -0.39 is 0 Å². The van der Waals surface area contributed by atoms with Gasteiger partial charge in [0.1, 0.15) is 18.1 Å². The standard InChI is InChI=1S/C18H27NO2/c1-8-20-16-11-15(13(2)3)12-17(18(16)14(4)5)21-10-9-19(6)7/h11-12H,2,4,8-10H2,1,3,5-7H3. The molecule has 1 aromatic carbocycles. The third-order valence-electron chi connectivity index (χ3n) is 3.08. The lowest BCUT2D eigenvalue weighted by Crippen LogP contribution is -2.19. The monoisotopic (exact) mass is 289 g/mol. The van der Waals surface area contributed by atoms with Gasteiger partial charge in [-0.2, -0.15) is 0 Å². The van der Waals surface area contributed by atoms with Crippen LogP contribution in [-0.4, -0.2) is 38.8 Å². The Kier molecular flexibility index (Phi) is 6.50. The average molecular weight is 289 g/mol. The lowest BCUT2D eigenvalue weighted by atomic mass is 10.0. The van der Waals surface area contributed by atoms with E-state index in [4.69, 9.17) is 9.47 Å². The van der Waals surface area contributed by atoms with Crippen molar-refractivity contribution >= 4 is 11.1 Å². The maximum Gasteiger partial charge on any atom is 0.131 e. The molecule has 0 spiro atoms. The maximum atomic E-state index is 5.96. The van der Waals surface area contributed by atoms with Crippen molar-refractivity contribution in [1.82, 2.24) is 4.90 Å². The summed E-state index contributed by atoms with van der Waals surface area (Å²) in [6, 6.07) is 4.03. The number of nitrogens with zero attached hydrogens (tertiary/aromatic N) is 1. The smallest absolute Gasteiger partial charge is 0.131 e. The Bertz CT molecular complexity index is 518. The van der Waals surface area contributed by atoms with Crippen molar-refractivity contribution in [3.63, 3.8) is 0 Å². The van der Waals surface area contributed by atoms with Crippen LogP contribution in [0.4, 0.5) is 0 Å². The Hall–Kier alpha value is -1.74. The lowest BCUT2D eigenvalue weighted by Gasteiger charge is -2.19. The van der Waals surface area contributed by atoms with Crippen molar-refractivity contribution in [3.05, 3.63) is 36.4 Å². The SMILES string of the molecule is C=C(C)c1cc(OCC)c(C(=C)C)c(OCCN(C)C)c1. The molecule has 0 fully saturated rings. The van der Waals surface area contributed by atoms with E-state index in [-0.39, 0.29) is 0 Å². The Balaban J connectivity index is 3.21. The summed E-state index contributed by atoms with van der Waals surface area (Å²) in [4.78, 5) is 2.09. The summed E-state index contributed by atoms with van der Waals surface area (Å²) in [7, 11) is 4.05. The normalized spacial score (nSPS) is 10.6. The largest absolute Gasteiger partial charge is 0.493 e. The molecule has 0 radical (unpaired) electrons. The van der Waals surface area contributed by atoms with Crippen molar-refractivity contribution in [3.8, 4) is 11.5 Å². The lowest BCUT2D eigenvalue weighted by molar-refractivity contribution is 0.258. The molecule has 3 heteroatoms. The van der Waals surface area contributed by atoms with E-state index in [1.165, 1.54) is 0 Å². The predicted octanol–water partition coefficient (Wildman–Crippen LogP) is 4.09. The first kappa shape index (κ1) is 17.3. The van der Waals surface area contributed by atoms with Crippen molar-refractivity contribution in [2.75, 3.05) is 33.9 Å². The molecule has 0 saturated heterocycles. The minimum Gasteiger partial charge on any atom is -0.493 e. The van der Waals surface area contributed by atoms with E-state index in [0.717, 1.165) is 40.3 Å². The zero-order valence-corrected chi connectivity index (χ0v) is 14.0. The van der Waals surface area contributed by atoms with Gasteiger partial charge in [0, 0.05) is 6.54 Å². The van der Waals surface area contributed by atoms with Crippen LogP contribution >= 0.6 is 0 Å². The van der Waals surface area contributed by atoms with Gasteiger partial charge in [-0.25, -0.2) is 0 Å². The van der Waals surface area contributed by atoms with Crippen molar-refractivity contribution in [2.45, 2.75) is 20.8 Å². The molecule has 0 unspecified atom stereocenters. The molecule has 0 aliphatic heterocycles. The zero-order valence-electron chi connectivity index (χ0n) is 14.0. The predicted molar refractivity (Wildman–Crippen MR) is 91.1 cm³/mol. The fraction of sp³-hybridized carbons (Fsp3) is 0.444. The van der Waals surface area contributed by atoms with Gasteiger partial charge < -0.3 is 14.4 Å². The summed E-state index contributed by atoms with van der Waals surface area (Å²) in [6.07, 6.45) is 0. The first-order chi connectivity index (χ1) is 9.86. The summed E-state index contributed by atoms with van der Waals surface area (Å²) < 4.78 is 11.7. The zero-order chi connectivity index (χ0) is 16.0. The van der Waals surface area contributed by atoms with Gasteiger partial charge in [0.05, 0.1) is 12.2 Å². The molecule has 0 saturated carbocycles. The molecule has 0 atom stereocenters. The fourth-order valence-electron chi connectivity index (χ4n) is 1.98. The van der Waals surface area contributed by atoms with Crippen molar-refractivity contribution in [1.29, 1.82) is 0 Å². The second kappa shape index (κ2) is 7.89. The topological polar surface area (TPSA) is 21.7 Å². The molecule has 0 bridgehead atoms. The molecular formula is C18H27NO2. The van der Waals surface area contributed by atoms with Crippen LogP contribution in [0.25, 0.3) is 11.1 Å². The van der Waals surface area contributed by atoms with Crippen LogP contribution in [0.1, 0.15) is 31.9 Å². The summed E-state index contributed by atoms with van der Waals surface area (Å²) in [6.45, 7) is 16.1. The van der Waals surface area contributed by atoms with E-state index in [2.05, 4.69) is 18.1 Å². The van der Waals surface area contributed by atoms with Gasteiger partial charge in [-0.05, 0) is 58.1 Å². The van der Waals surface area contributed by atoms with Crippen molar-refractivity contribution < 1.29 is 9.47 Å². The molecule has 0 aliphatic carbocycles. The second-order valence-electron chi connectivity index (χ2n) is 5.49. The van der Waals surface area contributed by atoms with Gasteiger partial charge in [-0.3, -0.25) is 0 Å². The molecule has 21 heavy (non-hydrogen) atoms. The number of ether oxygens (including phenoxy) is 2. The summed E-state index contributed by atoms with van der Waals surface area (Å²) in [5, 5.41) is 0. The fourth-order valence-corrected chi connectivity index (χ4v) is 1.98. The Morgan fingerprint density at radius 3 is 2.05 bits per heavy atom. The summed E-state index contributed by atoms with van der Waals surface area (Å²) in [5.41, 5.74) is 3.90. The first-order valence-corrected chi connectivity index (χ1v) is 7.27. The van der Waals surface area contributed by atoms with E-state index in [9.17, 15) is 0 Å². The highest BCUT2D eigenvalue weighted by Gasteiger charge is 2.14. The molecule has 1 aromatic rings. The van der Waals surface area contributed by atoms with Crippen LogP contribution in [0.2, 0.25) is 0 Å². The van der Waals surface area contributed by atoms with Crippen LogP contribution in [-0.2, 0) is 0 Å².